The Hall–Kier alpha value is -4.50. The first-order valence-electron chi connectivity index (χ1n) is 11.1. The molecule has 1 N–H and O–H groups in total. The molecule has 4 aromatic rings. The number of anilines is 1. The van der Waals surface area contributed by atoms with Crippen molar-refractivity contribution in [2.75, 3.05) is 5.32 Å². The predicted octanol–water partition coefficient (Wildman–Crippen LogP) is 3.85. The Balaban J connectivity index is 1.63. The number of carbonyl (C=O) groups is 1. The smallest absolute Gasteiger partial charge is 0.295 e. The van der Waals surface area contributed by atoms with Crippen LogP contribution in [-0.4, -0.2) is 29.3 Å². The molecule has 0 amide bonds. The van der Waals surface area contributed by atoms with E-state index < -0.39 is 10.0 Å². The highest BCUT2D eigenvalue weighted by Gasteiger charge is 2.28. The quantitative estimate of drug-likeness (QED) is 0.450. The maximum atomic E-state index is 13.3. The zero-order valence-corrected chi connectivity index (χ0v) is 20.4. The average molecular weight is 499 g/mol. The van der Waals surface area contributed by atoms with E-state index in [2.05, 4.69) is 9.71 Å². The van der Waals surface area contributed by atoms with Gasteiger partial charge in [0.1, 0.15) is 5.69 Å². The predicted molar refractivity (Wildman–Crippen MR) is 138 cm³/mol. The zero-order valence-electron chi connectivity index (χ0n) is 19.5. The van der Waals surface area contributed by atoms with Crippen LogP contribution in [-0.2, 0) is 17.1 Å². The van der Waals surface area contributed by atoms with Crippen molar-refractivity contribution in [3.63, 3.8) is 0 Å². The first-order valence-corrected chi connectivity index (χ1v) is 12.6. The van der Waals surface area contributed by atoms with E-state index in [9.17, 15) is 18.0 Å². The Morgan fingerprint density at radius 3 is 2.06 bits per heavy atom. The SMILES string of the molecule is Cc1c(NC2=CC(=NS(=O)(=O)c3ccccc3)c3ccccc3C2=O)c(=O)n(-c2ccccc2)n1C. The van der Waals surface area contributed by atoms with Gasteiger partial charge in [-0.05, 0) is 37.3 Å². The number of carbonyl (C=O) groups excluding carboxylic acids is 1. The molecule has 0 atom stereocenters. The summed E-state index contributed by atoms with van der Waals surface area (Å²) in [5.74, 6) is -0.365. The number of sulfonamides is 1. The number of Topliss-reactive ketones (excluding diaryl/α,β-unsaturated/α-hetero) is 1. The Bertz CT molecular complexity index is 1710. The van der Waals surface area contributed by atoms with Gasteiger partial charge in [0.2, 0.25) is 5.78 Å². The number of ketones is 1. The highest BCUT2D eigenvalue weighted by atomic mass is 32.2. The Labute approximate surface area is 207 Å². The second kappa shape index (κ2) is 8.94. The lowest BCUT2D eigenvalue weighted by atomic mass is 9.92. The lowest BCUT2D eigenvalue weighted by Gasteiger charge is -2.18. The van der Waals surface area contributed by atoms with Gasteiger partial charge in [-0.1, -0.05) is 60.7 Å². The van der Waals surface area contributed by atoms with Crippen molar-refractivity contribution in [1.82, 2.24) is 9.36 Å². The van der Waals surface area contributed by atoms with Gasteiger partial charge < -0.3 is 5.32 Å². The zero-order chi connectivity index (χ0) is 25.4. The summed E-state index contributed by atoms with van der Waals surface area (Å²) in [6.45, 7) is 1.76. The minimum absolute atomic E-state index is 0.0411. The molecule has 1 aliphatic carbocycles. The number of fused-ring (bicyclic) bond motifs is 1. The van der Waals surface area contributed by atoms with Gasteiger partial charge in [-0.3, -0.25) is 14.3 Å². The molecule has 5 rings (SSSR count). The van der Waals surface area contributed by atoms with Crippen molar-refractivity contribution in [3.8, 4) is 5.69 Å². The van der Waals surface area contributed by atoms with Gasteiger partial charge in [0.05, 0.1) is 27.7 Å². The normalized spacial score (nSPS) is 14.4. The van der Waals surface area contributed by atoms with Crippen LogP contribution in [0.2, 0.25) is 0 Å². The number of nitrogens with zero attached hydrogens (tertiary/aromatic N) is 3. The van der Waals surface area contributed by atoms with Gasteiger partial charge in [0.25, 0.3) is 15.6 Å². The lowest BCUT2D eigenvalue weighted by Crippen LogP contribution is -2.25. The Morgan fingerprint density at radius 2 is 1.39 bits per heavy atom. The van der Waals surface area contributed by atoms with Gasteiger partial charge in [-0.15, -0.1) is 0 Å². The Kier molecular flexibility index (Phi) is 5.77. The molecule has 180 valence electrons. The van der Waals surface area contributed by atoms with Crippen molar-refractivity contribution in [2.24, 2.45) is 11.4 Å². The van der Waals surface area contributed by atoms with Crippen LogP contribution >= 0.6 is 0 Å². The number of para-hydroxylation sites is 1. The third-order valence-electron chi connectivity index (χ3n) is 6.05. The van der Waals surface area contributed by atoms with Crippen molar-refractivity contribution in [3.05, 3.63) is 124 Å². The number of aromatic nitrogens is 2. The molecular weight excluding hydrogens is 476 g/mol. The molecule has 1 aliphatic rings. The molecule has 0 unspecified atom stereocenters. The minimum Gasteiger partial charge on any atom is -0.346 e. The summed E-state index contributed by atoms with van der Waals surface area (Å²) in [4.78, 5) is 26.7. The molecule has 0 radical (unpaired) electrons. The van der Waals surface area contributed by atoms with Crippen LogP contribution in [0.5, 0.6) is 0 Å². The van der Waals surface area contributed by atoms with Crippen molar-refractivity contribution >= 4 is 27.2 Å². The molecule has 0 aliphatic heterocycles. The highest BCUT2D eigenvalue weighted by Crippen LogP contribution is 2.25. The standard InChI is InChI=1S/C27H22N4O4S/c1-18-25(27(33)31(30(18)2)19-11-5-3-6-12-19)28-24-17-23(21-15-9-10-16-22(21)26(24)32)29-36(34,35)20-13-7-4-8-14-20/h3-17,28H,1-2H3. The molecule has 1 heterocycles. The van der Waals surface area contributed by atoms with E-state index >= 15 is 0 Å². The maximum Gasteiger partial charge on any atom is 0.295 e. The summed E-state index contributed by atoms with van der Waals surface area (Å²) >= 11 is 0. The average Bonchev–Trinajstić information content (AvgIpc) is 3.10. The van der Waals surface area contributed by atoms with Crippen LogP contribution in [0.3, 0.4) is 0 Å². The second-order valence-electron chi connectivity index (χ2n) is 8.26. The largest absolute Gasteiger partial charge is 0.346 e. The second-order valence-corrected chi connectivity index (χ2v) is 9.86. The van der Waals surface area contributed by atoms with Gasteiger partial charge in [0, 0.05) is 18.2 Å². The molecule has 9 heteroatoms. The maximum absolute atomic E-state index is 13.3. The van der Waals surface area contributed by atoms with Gasteiger partial charge in [-0.2, -0.15) is 12.8 Å². The summed E-state index contributed by atoms with van der Waals surface area (Å²) in [5.41, 5.74) is 2.00. The van der Waals surface area contributed by atoms with E-state index in [-0.39, 0.29) is 33.3 Å². The van der Waals surface area contributed by atoms with Crippen LogP contribution in [0.15, 0.2) is 111 Å². The number of allylic oxidation sites excluding steroid dienone is 2. The van der Waals surface area contributed by atoms with Crippen LogP contribution in [0.1, 0.15) is 21.6 Å². The minimum atomic E-state index is -4.04. The van der Waals surface area contributed by atoms with E-state index in [0.717, 1.165) is 0 Å². The molecule has 36 heavy (non-hydrogen) atoms. The summed E-state index contributed by atoms with van der Waals surface area (Å²) in [5, 5.41) is 2.98. The summed E-state index contributed by atoms with van der Waals surface area (Å²) in [6.07, 6.45) is 1.38. The van der Waals surface area contributed by atoms with Crippen molar-refractivity contribution < 1.29 is 13.2 Å². The fourth-order valence-electron chi connectivity index (χ4n) is 4.12. The lowest BCUT2D eigenvalue weighted by molar-refractivity contribution is 0.103. The molecule has 3 aromatic carbocycles. The van der Waals surface area contributed by atoms with E-state index in [1.165, 1.54) is 22.9 Å². The molecular formula is C27H22N4O4S. The molecule has 0 saturated carbocycles. The van der Waals surface area contributed by atoms with E-state index in [0.29, 0.717) is 22.5 Å². The van der Waals surface area contributed by atoms with Crippen LogP contribution in [0, 0.1) is 6.92 Å². The third-order valence-corrected chi connectivity index (χ3v) is 7.35. The van der Waals surface area contributed by atoms with Crippen LogP contribution in [0.25, 0.3) is 5.69 Å². The molecule has 0 saturated heterocycles. The van der Waals surface area contributed by atoms with Gasteiger partial charge in [-0.25, -0.2) is 4.68 Å². The van der Waals surface area contributed by atoms with E-state index in [1.807, 2.05) is 30.3 Å². The fourth-order valence-corrected chi connectivity index (χ4v) is 5.14. The van der Waals surface area contributed by atoms with Crippen LogP contribution < -0.4 is 10.9 Å². The molecule has 1 aromatic heterocycles. The number of benzene rings is 3. The molecule has 0 fully saturated rings. The van der Waals surface area contributed by atoms with Gasteiger partial charge in [0.15, 0.2) is 0 Å². The van der Waals surface area contributed by atoms with Crippen LogP contribution in [0.4, 0.5) is 5.69 Å². The first kappa shape index (κ1) is 23.3. The number of hydrogen-bond acceptors (Lipinski definition) is 5. The van der Waals surface area contributed by atoms with E-state index in [1.54, 1.807) is 61.1 Å². The Morgan fingerprint density at radius 1 is 0.806 bits per heavy atom. The molecule has 0 bridgehead atoms. The van der Waals surface area contributed by atoms with Gasteiger partial charge >= 0.3 is 0 Å². The fraction of sp³-hybridized carbons (Fsp3) is 0.0741. The molecule has 8 nitrogen and oxygen atoms in total. The monoisotopic (exact) mass is 498 g/mol. The number of hydrogen-bond donors (Lipinski definition) is 1. The topological polar surface area (TPSA) is 103 Å². The van der Waals surface area contributed by atoms with E-state index in [4.69, 9.17) is 0 Å². The summed E-state index contributed by atoms with van der Waals surface area (Å²) in [6, 6.07) is 23.7. The van der Waals surface area contributed by atoms with Crippen molar-refractivity contribution in [2.45, 2.75) is 11.8 Å². The first-order chi connectivity index (χ1) is 17.3. The third kappa shape index (κ3) is 3.99. The number of rotatable bonds is 5. The van der Waals surface area contributed by atoms with Crippen molar-refractivity contribution in [1.29, 1.82) is 0 Å². The number of nitrogens with one attached hydrogen (secondary N) is 1. The summed E-state index contributed by atoms with van der Waals surface area (Å²) in [7, 11) is -2.29. The molecule has 0 spiro atoms. The highest BCUT2D eigenvalue weighted by molar-refractivity contribution is 7.90. The summed E-state index contributed by atoms with van der Waals surface area (Å²) < 4.78 is 33.2.